The summed E-state index contributed by atoms with van der Waals surface area (Å²) in [5, 5.41) is 7.80. The van der Waals surface area contributed by atoms with E-state index in [0.717, 1.165) is 24.9 Å². The molecule has 0 saturated heterocycles. The summed E-state index contributed by atoms with van der Waals surface area (Å²) in [6.45, 7) is 1.45. The molecular formula is C17H20ClN3O2. The van der Waals surface area contributed by atoms with Gasteiger partial charge in [-0.3, -0.25) is 4.79 Å². The molecule has 1 heterocycles. The molecule has 6 heteroatoms. The van der Waals surface area contributed by atoms with E-state index in [-0.39, 0.29) is 5.91 Å². The number of carbonyl (C=O) groups is 1. The van der Waals surface area contributed by atoms with Crippen molar-refractivity contribution in [2.24, 2.45) is 0 Å². The first kappa shape index (κ1) is 16.0. The first-order chi connectivity index (χ1) is 11.0. The number of nitrogens with one attached hydrogen (secondary N) is 1. The van der Waals surface area contributed by atoms with Crippen LogP contribution in [-0.2, 0) is 10.2 Å². The molecule has 0 atom stereocenters. The lowest BCUT2D eigenvalue weighted by Gasteiger charge is -2.14. The second kappa shape index (κ2) is 6.34. The van der Waals surface area contributed by atoms with Crippen LogP contribution in [0.4, 0.5) is 0 Å². The zero-order valence-electron chi connectivity index (χ0n) is 13.3. The summed E-state index contributed by atoms with van der Waals surface area (Å²) >= 11 is 5.90. The van der Waals surface area contributed by atoms with Crippen LogP contribution in [0, 0.1) is 0 Å². The van der Waals surface area contributed by atoms with Gasteiger partial charge in [-0.15, -0.1) is 0 Å². The van der Waals surface area contributed by atoms with E-state index in [0.29, 0.717) is 23.0 Å². The lowest BCUT2D eigenvalue weighted by Crippen LogP contribution is -2.38. The van der Waals surface area contributed by atoms with Crippen LogP contribution in [0.25, 0.3) is 11.3 Å². The second-order valence-electron chi connectivity index (χ2n) is 6.22. The van der Waals surface area contributed by atoms with Gasteiger partial charge in [0.2, 0.25) is 5.91 Å². The van der Waals surface area contributed by atoms with Gasteiger partial charge >= 0.3 is 0 Å². The van der Waals surface area contributed by atoms with Gasteiger partial charge in [0.25, 0.3) is 0 Å². The van der Waals surface area contributed by atoms with Crippen molar-refractivity contribution in [3.8, 4) is 11.3 Å². The summed E-state index contributed by atoms with van der Waals surface area (Å²) in [7, 11) is 3.96. The van der Waals surface area contributed by atoms with Gasteiger partial charge < -0.3 is 14.7 Å². The molecule has 1 fully saturated rings. The third kappa shape index (κ3) is 3.41. The molecule has 1 saturated carbocycles. The van der Waals surface area contributed by atoms with Crippen molar-refractivity contribution in [1.82, 2.24) is 15.4 Å². The maximum absolute atomic E-state index is 12.5. The minimum Gasteiger partial charge on any atom is -0.356 e. The molecule has 0 aliphatic heterocycles. The van der Waals surface area contributed by atoms with Crippen molar-refractivity contribution in [3.05, 3.63) is 41.0 Å². The Morgan fingerprint density at radius 2 is 2.04 bits per heavy atom. The summed E-state index contributed by atoms with van der Waals surface area (Å²) in [5.74, 6) is 0.694. The molecule has 1 aliphatic carbocycles. The third-order valence-electron chi connectivity index (χ3n) is 4.16. The summed E-state index contributed by atoms with van der Waals surface area (Å²) in [5.41, 5.74) is 1.10. The monoisotopic (exact) mass is 333 g/mol. The fraction of sp³-hybridized carbons (Fsp3) is 0.412. The van der Waals surface area contributed by atoms with E-state index < -0.39 is 5.41 Å². The number of benzene rings is 1. The normalized spacial score (nSPS) is 15.7. The van der Waals surface area contributed by atoms with Gasteiger partial charge in [-0.05, 0) is 51.2 Å². The van der Waals surface area contributed by atoms with Crippen LogP contribution in [0.2, 0.25) is 5.02 Å². The third-order valence-corrected chi connectivity index (χ3v) is 4.41. The molecular weight excluding hydrogens is 314 g/mol. The maximum atomic E-state index is 12.5. The molecule has 23 heavy (non-hydrogen) atoms. The Morgan fingerprint density at radius 1 is 1.35 bits per heavy atom. The summed E-state index contributed by atoms with van der Waals surface area (Å²) < 4.78 is 5.43. The number of nitrogens with zero attached hydrogens (tertiary/aromatic N) is 2. The van der Waals surface area contributed by atoms with Crippen molar-refractivity contribution < 1.29 is 9.32 Å². The molecule has 1 N–H and O–H groups in total. The molecule has 1 amide bonds. The van der Waals surface area contributed by atoms with Crippen molar-refractivity contribution in [2.45, 2.75) is 18.3 Å². The van der Waals surface area contributed by atoms with Gasteiger partial charge in [-0.25, -0.2) is 0 Å². The van der Waals surface area contributed by atoms with Gasteiger partial charge in [-0.1, -0.05) is 16.8 Å². The molecule has 0 bridgehead atoms. The lowest BCUT2D eigenvalue weighted by atomic mass is 10.0. The quantitative estimate of drug-likeness (QED) is 0.883. The fourth-order valence-corrected chi connectivity index (χ4v) is 2.66. The first-order valence-electron chi connectivity index (χ1n) is 7.67. The Balaban J connectivity index is 1.72. The van der Waals surface area contributed by atoms with Crippen LogP contribution in [0.5, 0.6) is 0 Å². The van der Waals surface area contributed by atoms with Crippen LogP contribution >= 0.6 is 11.6 Å². The zero-order valence-corrected chi connectivity index (χ0v) is 14.1. The van der Waals surface area contributed by atoms with Crippen molar-refractivity contribution >= 4 is 17.5 Å². The smallest absolute Gasteiger partial charge is 0.232 e. The minimum absolute atomic E-state index is 0.0373. The van der Waals surface area contributed by atoms with Crippen molar-refractivity contribution in [3.63, 3.8) is 0 Å². The van der Waals surface area contributed by atoms with E-state index in [1.165, 1.54) is 0 Å². The fourth-order valence-electron chi connectivity index (χ4n) is 2.54. The van der Waals surface area contributed by atoms with Gasteiger partial charge in [0.05, 0.1) is 11.1 Å². The van der Waals surface area contributed by atoms with E-state index >= 15 is 0 Å². The number of hydrogen-bond acceptors (Lipinski definition) is 4. The van der Waals surface area contributed by atoms with E-state index in [1.54, 1.807) is 12.1 Å². The number of halogens is 1. The molecule has 0 radical (unpaired) electrons. The standard InChI is InChI=1S/C17H20ClN3O2/c1-21(2)10-9-19-16(22)17(7-8-17)15-11-14(23-20-15)12-3-5-13(18)6-4-12/h3-6,11H,7-10H2,1-2H3,(H,19,22). The van der Waals surface area contributed by atoms with Crippen molar-refractivity contribution in [2.75, 3.05) is 27.2 Å². The van der Waals surface area contributed by atoms with Gasteiger partial charge in [0, 0.05) is 29.7 Å². The summed E-state index contributed by atoms with van der Waals surface area (Å²) in [6, 6.07) is 9.23. The average Bonchev–Trinajstić information content (AvgIpc) is 3.19. The molecule has 122 valence electrons. The Morgan fingerprint density at radius 3 is 2.65 bits per heavy atom. The Bertz CT molecular complexity index is 690. The first-order valence-corrected chi connectivity index (χ1v) is 8.05. The molecule has 3 rings (SSSR count). The van der Waals surface area contributed by atoms with Gasteiger partial charge in [0.1, 0.15) is 0 Å². The zero-order chi connectivity index (χ0) is 16.4. The Hall–Kier alpha value is -1.85. The molecule has 0 spiro atoms. The number of hydrogen-bond donors (Lipinski definition) is 1. The average molecular weight is 334 g/mol. The predicted octanol–water partition coefficient (Wildman–Crippen LogP) is 2.70. The van der Waals surface area contributed by atoms with Gasteiger partial charge in [0.15, 0.2) is 5.76 Å². The largest absolute Gasteiger partial charge is 0.356 e. The number of likely N-dealkylation sites (N-methyl/N-ethyl adjacent to an activating group) is 1. The molecule has 5 nitrogen and oxygen atoms in total. The lowest BCUT2D eigenvalue weighted by molar-refractivity contribution is -0.123. The Labute approximate surface area is 140 Å². The molecule has 2 aromatic rings. The van der Waals surface area contributed by atoms with E-state index in [4.69, 9.17) is 16.1 Å². The number of rotatable bonds is 6. The number of amides is 1. The molecule has 0 unspecified atom stereocenters. The topological polar surface area (TPSA) is 58.4 Å². The molecule has 1 aromatic carbocycles. The minimum atomic E-state index is -0.513. The number of carbonyl (C=O) groups excluding carboxylic acids is 1. The highest BCUT2D eigenvalue weighted by atomic mass is 35.5. The highest BCUT2D eigenvalue weighted by Gasteiger charge is 2.53. The van der Waals surface area contributed by atoms with E-state index in [1.807, 2.05) is 37.2 Å². The number of aromatic nitrogens is 1. The van der Waals surface area contributed by atoms with E-state index in [2.05, 4.69) is 10.5 Å². The van der Waals surface area contributed by atoms with Crippen LogP contribution in [0.3, 0.4) is 0 Å². The van der Waals surface area contributed by atoms with Crippen LogP contribution in [0.15, 0.2) is 34.9 Å². The van der Waals surface area contributed by atoms with E-state index in [9.17, 15) is 4.79 Å². The van der Waals surface area contributed by atoms with Crippen LogP contribution in [-0.4, -0.2) is 43.1 Å². The molecule has 1 aromatic heterocycles. The van der Waals surface area contributed by atoms with Gasteiger partial charge in [-0.2, -0.15) is 0 Å². The maximum Gasteiger partial charge on any atom is 0.232 e. The highest BCUT2D eigenvalue weighted by molar-refractivity contribution is 6.30. The molecule has 1 aliphatic rings. The van der Waals surface area contributed by atoms with Crippen molar-refractivity contribution in [1.29, 1.82) is 0 Å². The van der Waals surface area contributed by atoms with Crippen LogP contribution < -0.4 is 5.32 Å². The highest BCUT2D eigenvalue weighted by Crippen LogP contribution is 2.48. The second-order valence-corrected chi connectivity index (χ2v) is 6.66. The SMILES string of the molecule is CN(C)CCNC(=O)C1(c2cc(-c3ccc(Cl)cc3)on2)CC1. The predicted molar refractivity (Wildman–Crippen MR) is 89.4 cm³/mol. The Kier molecular flexibility index (Phi) is 4.41. The van der Waals surface area contributed by atoms with Crippen LogP contribution in [0.1, 0.15) is 18.5 Å². The summed E-state index contributed by atoms with van der Waals surface area (Å²) in [4.78, 5) is 14.5. The summed E-state index contributed by atoms with van der Waals surface area (Å²) in [6.07, 6.45) is 1.63.